The van der Waals surface area contributed by atoms with E-state index < -0.39 is 0 Å². The molecule has 6 N–H and O–H groups in total. The Kier molecular flexibility index (Phi) is 8.36. The Hall–Kier alpha value is -3.35. The Labute approximate surface area is 154 Å². The van der Waals surface area contributed by atoms with Crippen LogP contribution in [0.2, 0.25) is 0 Å². The Morgan fingerprint density at radius 2 is 1.31 bits per heavy atom. The molecular formula is C19H26N6O. The SMILES string of the molecule is C/C(=N\N=C(N)N)c1ccc(NC(=O)Nc2ccc(C)cc2)cc1.CC. The number of nitrogens with zero attached hydrogens (tertiary/aromatic N) is 2. The van der Waals surface area contributed by atoms with E-state index in [0.29, 0.717) is 11.4 Å². The van der Waals surface area contributed by atoms with Gasteiger partial charge in [-0.3, -0.25) is 0 Å². The van der Waals surface area contributed by atoms with Crippen LogP contribution in [-0.4, -0.2) is 17.7 Å². The number of carbonyl (C=O) groups is 1. The molecule has 0 aliphatic rings. The number of nitrogens with two attached hydrogens (primary N) is 2. The molecule has 0 atom stereocenters. The Morgan fingerprint density at radius 1 is 0.846 bits per heavy atom. The third kappa shape index (κ3) is 7.04. The van der Waals surface area contributed by atoms with Crippen molar-refractivity contribution < 1.29 is 4.79 Å². The Morgan fingerprint density at radius 3 is 1.77 bits per heavy atom. The van der Waals surface area contributed by atoms with Crippen LogP contribution in [0, 0.1) is 6.92 Å². The molecule has 2 rings (SSSR count). The maximum atomic E-state index is 12.0. The molecule has 0 unspecified atom stereocenters. The minimum Gasteiger partial charge on any atom is -0.369 e. The van der Waals surface area contributed by atoms with E-state index in [-0.39, 0.29) is 12.0 Å². The van der Waals surface area contributed by atoms with Crippen LogP contribution < -0.4 is 22.1 Å². The van der Waals surface area contributed by atoms with E-state index in [1.165, 1.54) is 0 Å². The highest BCUT2D eigenvalue weighted by molar-refractivity contribution is 6.01. The number of nitrogens with one attached hydrogen (secondary N) is 2. The van der Waals surface area contributed by atoms with Gasteiger partial charge in [-0.25, -0.2) is 4.79 Å². The minimum atomic E-state index is -0.308. The monoisotopic (exact) mass is 354 g/mol. The van der Waals surface area contributed by atoms with Gasteiger partial charge in [0.15, 0.2) is 0 Å². The van der Waals surface area contributed by atoms with Crippen molar-refractivity contribution in [3.63, 3.8) is 0 Å². The highest BCUT2D eigenvalue weighted by Crippen LogP contribution is 2.13. The van der Waals surface area contributed by atoms with Crippen molar-refractivity contribution in [1.29, 1.82) is 0 Å². The number of hydrogen-bond donors (Lipinski definition) is 4. The highest BCUT2D eigenvalue weighted by atomic mass is 16.2. The molecule has 0 aliphatic carbocycles. The summed E-state index contributed by atoms with van der Waals surface area (Å²) in [5.41, 5.74) is 14.5. The Balaban J connectivity index is 0.00000163. The molecule has 0 saturated heterocycles. The average molecular weight is 354 g/mol. The summed E-state index contributed by atoms with van der Waals surface area (Å²) in [5, 5.41) is 13.0. The van der Waals surface area contributed by atoms with E-state index >= 15 is 0 Å². The van der Waals surface area contributed by atoms with Crippen LogP contribution in [0.25, 0.3) is 0 Å². The minimum absolute atomic E-state index is 0.0968. The highest BCUT2D eigenvalue weighted by Gasteiger charge is 2.03. The summed E-state index contributed by atoms with van der Waals surface area (Å²) in [7, 11) is 0. The third-order valence-electron chi connectivity index (χ3n) is 3.19. The third-order valence-corrected chi connectivity index (χ3v) is 3.19. The van der Waals surface area contributed by atoms with Crippen LogP contribution in [0.4, 0.5) is 16.2 Å². The quantitative estimate of drug-likeness (QED) is 0.381. The lowest BCUT2D eigenvalue weighted by molar-refractivity contribution is 0.262. The van der Waals surface area contributed by atoms with E-state index in [2.05, 4.69) is 20.8 Å². The van der Waals surface area contributed by atoms with Crippen LogP contribution in [0.1, 0.15) is 31.9 Å². The maximum Gasteiger partial charge on any atom is 0.323 e. The number of benzene rings is 2. The summed E-state index contributed by atoms with van der Waals surface area (Å²) in [6, 6.07) is 14.5. The van der Waals surface area contributed by atoms with Crippen molar-refractivity contribution in [2.75, 3.05) is 10.6 Å². The molecular weight excluding hydrogens is 328 g/mol. The van der Waals surface area contributed by atoms with Gasteiger partial charge < -0.3 is 22.1 Å². The molecule has 0 aliphatic heterocycles. The first kappa shape index (κ1) is 20.7. The van der Waals surface area contributed by atoms with E-state index in [1.807, 2.05) is 57.2 Å². The summed E-state index contributed by atoms with van der Waals surface area (Å²) in [5.74, 6) is -0.0968. The fourth-order valence-corrected chi connectivity index (χ4v) is 1.92. The van der Waals surface area contributed by atoms with E-state index in [4.69, 9.17) is 11.5 Å². The molecule has 0 bridgehead atoms. The molecule has 0 spiro atoms. The van der Waals surface area contributed by atoms with Crippen molar-refractivity contribution >= 4 is 29.1 Å². The van der Waals surface area contributed by atoms with Crippen molar-refractivity contribution in [2.24, 2.45) is 21.7 Å². The second kappa shape index (κ2) is 10.5. The van der Waals surface area contributed by atoms with Crippen molar-refractivity contribution in [1.82, 2.24) is 0 Å². The summed E-state index contributed by atoms with van der Waals surface area (Å²) < 4.78 is 0. The van der Waals surface area contributed by atoms with Gasteiger partial charge in [-0.05, 0) is 43.7 Å². The molecule has 0 saturated carbocycles. The van der Waals surface area contributed by atoms with E-state index in [9.17, 15) is 4.79 Å². The van der Waals surface area contributed by atoms with Crippen molar-refractivity contribution in [3.05, 3.63) is 59.7 Å². The number of carbonyl (C=O) groups excluding carboxylic acids is 1. The van der Waals surface area contributed by atoms with Crippen LogP contribution >= 0.6 is 0 Å². The zero-order valence-electron chi connectivity index (χ0n) is 15.6. The molecule has 138 valence electrons. The number of anilines is 2. The summed E-state index contributed by atoms with van der Waals surface area (Å²) in [4.78, 5) is 12.0. The normalized spacial score (nSPS) is 10.2. The fourth-order valence-electron chi connectivity index (χ4n) is 1.92. The second-order valence-corrected chi connectivity index (χ2v) is 5.23. The van der Waals surface area contributed by atoms with E-state index in [1.54, 1.807) is 19.1 Å². The van der Waals surface area contributed by atoms with Crippen LogP contribution in [0.5, 0.6) is 0 Å². The predicted molar refractivity (Wildman–Crippen MR) is 110 cm³/mol. The van der Waals surface area contributed by atoms with Gasteiger partial charge in [0.2, 0.25) is 5.96 Å². The van der Waals surface area contributed by atoms with Crippen molar-refractivity contribution in [2.45, 2.75) is 27.7 Å². The molecule has 26 heavy (non-hydrogen) atoms. The molecule has 2 amide bonds. The molecule has 0 heterocycles. The first-order valence-electron chi connectivity index (χ1n) is 8.32. The number of rotatable bonds is 4. The molecule has 2 aromatic rings. The zero-order chi connectivity index (χ0) is 19.5. The number of guanidine groups is 1. The van der Waals surface area contributed by atoms with Gasteiger partial charge in [-0.1, -0.05) is 43.7 Å². The molecule has 0 radical (unpaired) electrons. The lowest BCUT2D eigenvalue weighted by Gasteiger charge is -2.08. The van der Waals surface area contributed by atoms with Gasteiger partial charge in [0.1, 0.15) is 0 Å². The lowest BCUT2D eigenvalue weighted by atomic mass is 10.1. The number of amides is 2. The van der Waals surface area contributed by atoms with Gasteiger partial charge in [0.05, 0.1) is 5.71 Å². The van der Waals surface area contributed by atoms with Gasteiger partial charge in [-0.15, -0.1) is 5.10 Å². The van der Waals surface area contributed by atoms with Crippen LogP contribution in [0.15, 0.2) is 58.7 Å². The first-order valence-corrected chi connectivity index (χ1v) is 8.32. The Bertz CT molecular complexity index is 760. The van der Waals surface area contributed by atoms with E-state index in [0.717, 1.165) is 16.8 Å². The molecule has 0 aromatic heterocycles. The lowest BCUT2D eigenvalue weighted by Crippen LogP contribution is -2.22. The summed E-state index contributed by atoms with van der Waals surface area (Å²) >= 11 is 0. The van der Waals surface area contributed by atoms with Crippen LogP contribution in [-0.2, 0) is 0 Å². The van der Waals surface area contributed by atoms with Crippen LogP contribution in [0.3, 0.4) is 0 Å². The largest absolute Gasteiger partial charge is 0.369 e. The number of urea groups is 1. The maximum absolute atomic E-state index is 12.0. The summed E-state index contributed by atoms with van der Waals surface area (Å²) in [6.45, 7) is 7.78. The number of hydrogen-bond acceptors (Lipinski definition) is 3. The molecule has 7 nitrogen and oxygen atoms in total. The summed E-state index contributed by atoms with van der Waals surface area (Å²) in [6.07, 6.45) is 0. The van der Waals surface area contributed by atoms with Gasteiger partial charge in [0, 0.05) is 11.4 Å². The topological polar surface area (TPSA) is 118 Å². The second-order valence-electron chi connectivity index (χ2n) is 5.23. The fraction of sp³-hybridized carbons (Fsp3) is 0.211. The zero-order valence-corrected chi connectivity index (χ0v) is 15.6. The van der Waals surface area contributed by atoms with Gasteiger partial charge in [0.25, 0.3) is 0 Å². The molecule has 2 aromatic carbocycles. The number of aryl methyl sites for hydroxylation is 1. The van der Waals surface area contributed by atoms with Crippen molar-refractivity contribution in [3.8, 4) is 0 Å². The molecule has 7 heteroatoms. The first-order chi connectivity index (χ1) is 12.4. The van der Waals surface area contributed by atoms with Gasteiger partial charge >= 0.3 is 6.03 Å². The predicted octanol–water partition coefficient (Wildman–Crippen LogP) is 3.66. The molecule has 0 fully saturated rings. The average Bonchev–Trinajstić information content (AvgIpc) is 2.64. The smallest absolute Gasteiger partial charge is 0.323 e. The standard InChI is InChI=1S/C17H20N6O.C2H6/c1-11-3-7-14(8-4-11)20-17(24)21-15-9-5-13(6-10-15)12(2)22-23-16(18)19;1-2/h3-10H,1-2H3,(H4,18,19,23)(H2,20,21,24);1-2H3/b22-12+;. The van der Waals surface area contributed by atoms with Gasteiger partial charge in [-0.2, -0.15) is 5.10 Å².